The van der Waals surface area contributed by atoms with Crippen molar-refractivity contribution in [2.45, 2.75) is 25.8 Å². The van der Waals surface area contributed by atoms with Crippen molar-refractivity contribution in [2.75, 3.05) is 0 Å². The van der Waals surface area contributed by atoms with E-state index in [1.54, 1.807) is 12.1 Å². The van der Waals surface area contributed by atoms with Crippen molar-refractivity contribution < 1.29 is 4.79 Å². The molecule has 1 atom stereocenters. The Kier molecular flexibility index (Phi) is 5.38. The molecule has 0 aromatic heterocycles. The summed E-state index contributed by atoms with van der Waals surface area (Å²) in [5.74, 6) is -0.0453. The highest BCUT2D eigenvalue weighted by molar-refractivity contribution is 7.80. The molecule has 0 saturated carbocycles. The van der Waals surface area contributed by atoms with Crippen LogP contribution in [0.1, 0.15) is 18.9 Å². The molecule has 0 radical (unpaired) electrons. The minimum Gasteiger partial charge on any atom is -0.393 e. The maximum Gasteiger partial charge on any atom is 0.224 e. The van der Waals surface area contributed by atoms with E-state index in [-0.39, 0.29) is 11.9 Å². The highest BCUT2D eigenvalue weighted by Gasteiger charge is 2.08. The number of rotatable bonds is 5. The van der Waals surface area contributed by atoms with Crippen molar-refractivity contribution in [3.05, 3.63) is 34.9 Å². The van der Waals surface area contributed by atoms with Gasteiger partial charge in [-0.15, -0.1) is 0 Å². The smallest absolute Gasteiger partial charge is 0.224 e. The molecule has 3 nitrogen and oxygen atoms in total. The van der Waals surface area contributed by atoms with E-state index < -0.39 is 0 Å². The van der Waals surface area contributed by atoms with Crippen LogP contribution in [0, 0.1) is 0 Å². The third-order valence-corrected chi connectivity index (χ3v) is 2.61. The molecular weight excluding hydrogens is 256 g/mol. The Morgan fingerprint density at radius 2 is 2.06 bits per heavy atom. The summed E-state index contributed by atoms with van der Waals surface area (Å²) in [5, 5.41) is 3.50. The van der Waals surface area contributed by atoms with Crippen molar-refractivity contribution in [1.29, 1.82) is 0 Å². The lowest BCUT2D eigenvalue weighted by molar-refractivity contribution is -0.120. The van der Waals surface area contributed by atoms with E-state index in [2.05, 4.69) is 5.32 Å². The summed E-state index contributed by atoms with van der Waals surface area (Å²) in [5.41, 5.74) is 6.33. The number of nitrogens with two attached hydrogens (primary N) is 1. The standard InChI is InChI=1S/C12H15ClN2OS/c1-8(6-11(14)17)15-12(16)7-9-2-4-10(13)5-3-9/h2-5,8H,6-7H2,1H3,(H2,14,17)(H,15,16). The van der Waals surface area contributed by atoms with Gasteiger partial charge in [-0.25, -0.2) is 0 Å². The van der Waals surface area contributed by atoms with Gasteiger partial charge in [0.25, 0.3) is 0 Å². The summed E-state index contributed by atoms with van der Waals surface area (Å²) < 4.78 is 0. The van der Waals surface area contributed by atoms with Gasteiger partial charge >= 0.3 is 0 Å². The highest BCUT2D eigenvalue weighted by Crippen LogP contribution is 2.09. The van der Waals surface area contributed by atoms with Gasteiger partial charge in [0.1, 0.15) is 0 Å². The van der Waals surface area contributed by atoms with Crippen LogP contribution < -0.4 is 11.1 Å². The van der Waals surface area contributed by atoms with E-state index in [1.165, 1.54) is 0 Å². The van der Waals surface area contributed by atoms with E-state index in [1.807, 2.05) is 19.1 Å². The summed E-state index contributed by atoms with van der Waals surface area (Å²) in [7, 11) is 0. The normalized spacial score (nSPS) is 11.9. The van der Waals surface area contributed by atoms with Gasteiger partial charge in [-0.2, -0.15) is 0 Å². The van der Waals surface area contributed by atoms with Gasteiger partial charge in [-0.05, 0) is 24.6 Å². The van der Waals surface area contributed by atoms with Gasteiger partial charge in [0.15, 0.2) is 0 Å². The summed E-state index contributed by atoms with van der Waals surface area (Å²) in [6, 6.07) is 7.16. The van der Waals surface area contributed by atoms with Gasteiger partial charge in [0, 0.05) is 17.5 Å². The first-order valence-electron chi connectivity index (χ1n) is 5.29. The zero-order chi connectivity index (χ0) is 12.8. The number of halogens is 1. The quantitative estimate of drug-likeness (QED) is 0.806. The van der Waals surface area contributed by atoms with Crippen molar-refractivity contribution in [3.8, 4) is 0 Å². The van der Waals surface area contributed by atoms with Crippen molar-refractivity contribution >= 4 is 34.7 Å². The van der Waals surface area contributed by atoms with E-state index >= 15 is 0 Å². The summed E-state index contributed by atoms with van der Waals surface area (Å²) in [6.45, 7) is 1.87. The number of benzene rings is 1. The SMILES string of the molecule is CC(CC(N)=S)NC(=O)Cc1ccc(Cl)cc1. The van der Waals surface area contributed by atoms with Crippen LogP contribution in [0.3, 0.4) is 0 Å². The molecule has 1 aromatic rings. The molecule has 0 fully saturated rings. The number of carbonyl (C=O) groups is 1. The first kappa shape index (κ1) is 13.9. The van der Waals surface area contributed by atoms with Crippen molar-refractivity contribution in [1.82, 2.24) is 5.32 Å². The molecule has 1 rings (SSSR count). The molecule has 0 bridgehead atoms. The average molecular weight is 271 g/mol. The van der Waals surface area contributed by atoms with Gasteiger partial charge in [-0.3, -0.25) is 4.79 Å². The topological polar surface area (TPSA) is 55.1 Å². The molecule has 3 N–H and O–H groups in total. The number of hydrogen-bond acceptors (Lipinski definition) is 2. The van der Waals surface area contributed by atoms with Crippen LogP contribution in [0.2, 0.25) is 5.02 Å². The average Bonchev–Trinajstić information content (AvgIpc) is 2.19. The summed E-state index contributed by atoms with van der Waals surface area (Å²) in [4.78, 5) is 12.1. The zero-order valence-corrected chi connectivity index (χ0v) is 11.1. The lowest BCUT2D eigenvalue weighted by Crippen LogP contribution is -2.36. The molecule has 0 aliphatic carbocycles. The maximum atomic E-state index is 11.7. The molecule has 17 heavy (non-hydrogen) atoms. The fourth-order valence-electron chi connectivity index (χ4n) is 1.47. The minimum atomic E-state index is -0.0453. The van der Waals surface area contributed by atoms with Crippen LogP contribution in [0.5, 0.6) is 0 Å². The Balaban J connectivity index is 2.44. The number of amides is 1. The zero-order valence-electron chi connectivity index (χ0n) is 9.57. The highest BCUT2D eigenvalue weighted by atomic mass is 35.5. The Labute approximate surface area is 111 Å². The van der Waals surface area contributed by atoms with Gasteiger partial charge in [0.05, 0.1) is 11.4 Å². The van der Waals surface area contributed by atoms with Crippen LogP contribution in [0.15, 0.2) is 24.3 Å². The van der Waals surface area contributed by atoms with E-state index in [0.29, 0.717) is 22.9 Å². The second kappa shape index (κ2) is 6.57. The molecular formula is C12H15ClN2OS. The molecule has 1 aromatic carbocycles. The molecule has 1 amide bonds. The molecule has 0 aliphatic heterocycles. The second-order valence-electron chi connectivity index (χ2n) is 3.94. The van der Waals surface area contributed by atoms with Gasteiger partial charge < -0.3 is 11.1 Å². The summed E-state index contributed by atoms with van der Waals surface area (Å²) >= 11 is 10.5. The lowest BCUT2D eigenvalue weighted by Gasteiger charge is -2.12. The molecule has 5 heteroatoms. The van der Waals surface area contributed by atoms with Crippen molar-refractivity contribution in [2.24, 2.45) is 5.73 Å². The lowest BCUT2D eigenvalue weighted by atomic mass is 10.1. The van der Waals surface area contributed by atoms with Crippen LogP contribution >= 0.6 is 23.8 Å². The third-order valence-electron chi connectivity index (χ3n) is 2.19. The maximum absolute atomic E-state index is 11.7. The van der Waals surface area contributed by atoms with Crippen molar-refractivity contribution in [3.63, 3.8) is 0 Å². The monoisotopic (exact) mass is 270 g/mol. The van der Waals surface area contributed by atoms with E-state index in [4.69, 9.17) is 29.6 Å². The first-order chi connectivity index (χ1) is 7.97. The van der Waals surface area contributed by atoms with E-state index in [9.17, 15) is 4.79 Å². The third kappa shape index (κ3) is 5.65. The second-order valence-corrected chi connectivity index (χ2v) is 4.90. The Bertz CT molecular complexity index is 405. The Hall–Kier alpha value is -1.13. The number of thiocarbonyl (C=S) groups is 1. The van der Waals surface area contributed by atoms with Gasteiger partial charge in [-0.1, -0.05) is 36.0 Å². The fourth-order valence-corrected chi connectivity index (χ4v) is 1.84. The molecule has 0 aliphatic rings. The number of nitrogens with one attached hydrogen (secondary N) is 1. The predicted molar refractivity (Wildman–Crippen MR) is 74.2 cm³/mol. The molecule has 1 unspecified atom stereocenters. The van der Waals surface area contributed by atoms with Crippen LogP contribution in [0.4, 0.5) is 0 Å². The Morgan fingerprint density at radius 1 is 1.47 bits per heavy atom. The molecule has 0 spiro atoms. The predicted octanol–water partition coefficient (Wildman–Crippen LogP) is 2.06. The molecule has 0 heterocycles. The largest absolute Gasteiger partial charge is 0.393 e. The molecule has 0 saturated heterocycles. The summed E-state index contributed by atoms with van der Waals surface area (Å²) in [6.07, 6.45) is 0.848. The number of carbonyl (C=O) groups excluding carboxylic acids is 1. The van der Waals surface area contributed by atoms with Crippen LogP contribution in [-0.2, 0) is 11.2 Å². The molecule has 92 valence electrons. The van der Waals surface area contributed by atoms with Gasteiger partial charge in [0.2, 0.25) is 5.91 Å². The first-order valence-corrected chi connectivity index (χ1v) is 6.08. The van der Waals surface area contributed by atoms with Crippen LogP contribution in [0.25, 0.3) is 0 Å². The van der Waals surface area contributed by atoms with E-state index in [0.717, 1.165) is 5.56 Å². The fraction of sp³-hybridized carbons (Fsp3) is 0.333. The van der Waals surface area contributed by atoms with Crippen LogP contribution in [-0.4, -0.2) is 16.9 Å². The Morgan fingerprint density at radius 3 is 2.59 bits per heavy atom. The number of hydrogen-bond donors (Lipinski definition) is 2. The minimum absolute atomic E-state index is 0.0349.